The van der Waals surface area contributed by atoms with Gasteiger partial charge in [-0.25, -0.2) is 9.59 Å². The van der Waals surface area contributed by atoms with Crippen molar-refractivity contribution >= 4 is 12.1 Å². The number of nitrogens with one attached hydrogen (secondary N) is 1. The van der Waals surface area contributed by atoms with Crippen molar-refractivity contribution in [3.05, 3.63) is 0 Å². The van der Waals surface area contributed by atoms with Gasteiger partial charge in [-0.2, -0.15) is 0 Å². The summed E-state index contributed by atoms with van der Waals surface area (Å²) in [6, 6.07) is -0.531. The lowest BCUT2D eigenvalue weighted by Gasteiger charge is -2.30. The fourth-order valence-electron chi connectivity index (χ4n) is 1.63. The molecule has 1 saturated heterocycles. The Kier molecular flexibility index (Phi) is 4.34. The zero-order chi connectivity index (χ0) is 13.1. The Hall–Kier alpha value is -1.30. The van der Waals surface area contributed by atoms with E-state index < -0.39 is 29.8 Å². The first-order valence-corrected chi connectivity index (χ1v) is 5.63. The van der Waals surface area contributed by atoms with E-state index in [-0.39, 0.29) is 0 Å². The summed E-state index contributed by atoms with van der Waals surface area (Å²) in [5, 5.41) is 11.5. The van der Waals surface area contributed by atoms with Crippen molar-refractivity contribution in [1.82, 2.24) is 5.32 Å². The molecule has 2 atom stereocenters. The highest BCUT2D eigenvalue weighted by molar-refractivity contribution is 5.75. The number of carboxylic acids is 1. The normalized spacial score (nSPS) is 25.1. The Labute approximate surface area is 100 Å². The second kappa shape index (κ2) is 5.35. The molecule has 0 aromatic heterocycles. The van der Waals surface area contributed by atoms with Crippen LogP contribution in [0.25, 0.3) is 0 Å². The molecule has 0 aromatic carbocycles. The number of amides is 1. The zero-order valence-corrected chi connectivity index (χ0v) is 10.4. The third kappa shape index (κ3) is 4.60. The second-order valence-electron chi connectivity index (χ2n) is 5.02. The molecule has 0 radical (unpaired) electrons. The van der Waals surface area contributed by atoms with Crippen molar-refractivity contribution in [1.29, 1.82) is 0 Å². The van der Waals surface area contributed by atoms with E-state index >= 15 is 0 Å². The van der Waals surface area contributed by atoms with Crippen LogP contribution in [0.1, 0.15) is 33.6 Å². The van der Waals surface area contributed by atoms with Crippen molar-refractivity contribution in [3.63, 3.8) is 0 Å². The molecule has 1 fully saturated rings. The van der Waals surface area contributed by atoms with Gasteiger partial charge >= 0.3 is 12.1 Å². The highest BCUT2D eigenvalue weighted by Crippen LogP contribution is 2.15. The number of alkyl carbamates (subject to hydrolysis) is 1. The van der Waals surface area contributed by atoms with Gasteiger partial charge in [0.15, 0.2) is 6.10 Å². The lowest BCUT2D eigenvalue weighted by molar-refractivity contribution is -0.155. The Morgan fingerprint density at radius 1 is 1.41 bits per heavy atom. The van der Waals surface area contributed by atoms with E-state index in [1.165, 1.54) is 0 Å². The topological polar surface area (TPSA) is 84.9 Å². The van der Waals surface area contributed by atoms with Crippen molar-refractivity contribution < 1.29 is 24.2 Å². The first-order chi connectivity index (χ1) is 7.79. The van der Waals surface area contributed by atoms with Crippen molar-refractivity contribution in [2.45, 2.75) is 51.4 Å². The number of carboxylic acid groups (broad SMARTS) is 1. The summed E-state index contributed by atoms with van der Waals surface area (Å²) < 4.78 is 10.2. The summed E-state index contributed by atoms with van der Waals surface area (Å²) in [5.74, 6) is -1.06. The van der Waals surface area contributed by atoms with E-state index in [0.29, 0.717) is 13.0 Å². The van der Waals surface area contributed by atoms with Gasteiger partial charge in [-0.05, 0) is 33.6 Å². The molecule has 1 aliphatic rings. The molecule has 0 bridgehead atoms. The molecule has 1 amide bonds. The van der Waals surface area contributed by atoms with Gasteiger partial charge in [0, 0.05) is 6.61 Å². The molecular weight excluding hydrogens is 226 g/mol. The standard InChI is InChI=1S/C11H19NO5/c1-11(2,3)17-10(15)12-7-5-4-6-16-8(7)9(13)14/h7-8H,4-6H2,1-3H3,(H,12,15)(H,13,14)/t7?,8-/m1/s1. The Balaban J connectivity index is 2.53. The average Bonchev–Trinajstić information content (AvgIpc) is 2.14. The summed E-state index contributed by atoms with van der Waals surface area (Å²) in [6.07, 6.45) is -0.295. The third-order valence-corrected chi connectivity index (χ3v) is 2.27. The predicted molar refractivity (Wildman–Crippen MR) is 59.8 cm³/mol. The molecule has 17 heavy (non-hydrogen) atoms. The maximum Gasteiger partial charge on any atom is 0.407 e. The van der Waals surface area contributed by atoms with Crippen LogP contribution in [0.15, 0.2) is 0 Å². The summed E-state index contributed by atoms with van der Waals surface area (Å²) in [7, 11) is 0. The molecule has 98 valence electrons. The van der Waals surface area contributed by atoms with Crippen LogP contribution in [0.2, 0.25) is 0 Å². The molecule has 1 heterocycles. The van der Waals surface area contributed by atoms with Crippen LogP contribution in [0.3, 0.4) is 0 Å². The molecule has 1 aliphatic heterocycles. The van der Waals surface area contributed by atoms with Gasteiger partial charge in [0.1, 0.15) is 5.60 Å². The first-order valence-electron chi connectivity index (χ1n) is 5.63. The van der Waals surface area contributed by atoms with E-state index in [9.17, 15) is 9.59 Å². The van der Waals surface area contributed by atoms with Gasteiger partial charge in [-0.15, -0.1) is 0 Å². The molecule has 0 aromatic rings. The molecule has 6 nitrogen and oxygen atoms in total. The molecule has 0 saturated carbocycles. The highest BCUT2D eigenvalue weighted by atomic mass is 16.6. The van der Waals surface area contributed by atoms with Gasteiger partial charge in [0.05, 0.1) is 6.04 Å². The lowest BCUT2D eigenvalue weighted by atomic mass is 10.0. The van der Waals surface area contributed by atoms with E-state index in [1.807, 2.05) is 0 Å². The van der Waals surface area contributed by atoms with E-state index in [0.717, 1.165) is 6.42 Å². The van der Waals surface area contributed by atoms with Gasteiger partial charge in [-0.3, -0.25) is 0 Å². The molecule has 1 unspecified atom stereocenters. The van der Waals surface area contributed by atoms with Gasteiger partial charge in [0.2, 0.25) is 0 Å². The van der Waals surface area contributed by atoms with E-state index in [1.54, 1.807) is 20.8 Å². The molecular formula is C11H19NO5. The number of carbonyl (C=O) groups is 2. The maximum atomic E-state index is 11.5. The molecule has 2 N–H and O–H groups in total. The van der Waals surface area contributed by atoms with Crippen LogP contribution in [0.5, 0.6) is 0 Å². The largest absolute Gasteiger partial charge is 0.479 e. The number of carbonyl (C=O) groups excluding carboxylic acids is 1. The molecule has 6 heteroatoms. The summed E-state index contributed by atoms with van der Waals surface area (Å²) >= 11 is 0. The molecule has 0 aliphatic carbocycles. The lowest BCUT2D eigenvalue weighted by Crippen LogP contribution is -2.51. The van der Waals surface area contributed by atoms with Crippen LogP contribution in [0, 0.1) is 0 Å². The molecule has 0 spiro atoms. The Morgan fingerprint density at radius 3 is 2.59 bits per heavy atom. The first kappa shape index (κ1) is 13.8. The summed E-state index contributed by atoms with van der Waals surface area (Å²) in [4.78, 5) is 22.4. The van der Waals surface area contributed by atoms with E-state index in [2.05, 4.69) is 5.32 Å². The maximum absolute atomic E-state index is 11.5. The Morgan fingerprint density at radius 2 is 2.06 bits per heavy atom. The average molecular weight is 245 g/mol. The molecule has 1 rings (SSSR count). The minimum Gasteiger partial charge on any atom is -0.479 e. The van der Waals surface area contributed by atoms with Gasteiger partial charge in [-0.1, -0.05) is 0 Å². The van der Waals surface area contributed by atoms with Crippen LogP contribution < -0.4 is 5.32 Å². The Bertz CT molecular complexity index is 297. The number of rotatable bonds is 2. The quantitative estimate of drug-likeness (QED) is 0.762. The van der Waals surface area contributed by atoms with Crippen LogP contribution in [-0.2, 0) is 14.3 Å². The fourth-order valence-corrected chi connectivity index (χ4v) is 1.63. The van der Waals surface area contributed by atoms with Crippen molar-refractivity contribution in [3.8, 4) is 0 Å². The smallest absolute Gasteiger partial charge is 0.407 e. The van der Waals surface area contributed by atoms with Crippen LogP contribution in [0.4, 0.5) is 4.79 Å². The van der Waals surface area contributed by atoms with Gasteiger partial charge in [0.25, 0.3) is 0 Å². The second-order valence-corrected chi connectivity index (χ2v) is 5.02. The minimum atomic E-state index is -1.06. The van der Waals surface area contributed by atoms with E-state index in [4.69, 9.17) is 14.6 Å². The van der Waals surface area contributed by atoms with Gasteiger partial charge < -0.3 is 19.9 Å². The van der Waals surface area contributed by atoms with Crippen molar-refractivity contribution in [2.24, 2.45) is 0 Å². The zero-order valence-electron chi connectivity index (χ0n) is 10.4. The number of aliphatic carboxylic acids is 1. The van der Waals surface area contributed by atoms with Crippen LogP contribution in [-0.4, -0.2) is 41.5 Å². The predicted octanol–water partition coefficient (Wildman–Crippen LogP) is 1.14. The van der Waals surface area contributed by atoms with Crippen LogP contribution >= 0.6 is 0 Å². The third-order valence-electron chi connectivity index (χ3n) is 2.27. The summed E-state index contributed by atoms with van der Waals surface area (Å²) in [5.41, 5.74) is -0.599. The minimum absolute atomic E-state index is 0.406. The fraction of sp³-hybridized carbons (Fsp3) is 0.818. The number of hydrogen-bond acceptors (Lipinski definition) is 4. The highest BCUT2D eigenvalue weighted by Gasteiger charge is 2.34. The SMILES string of the molecule is CC(C)(C)OC(=O)NC1CCCO[C@H]1C(=O)O. The number of ether oxygens (including phenoxy) is 2. The monoisotopic (exact) mass is 245 g/mol. The summed E-state index contributed by atoms with van der Waals surface area (Å²) in [6.45, 7) is 5.65. The van der Waals surface area contributed by atoms with Crippen molar-refractivity contribution in [2.75, 3.05) is 6.61 Å². The number of hydrogen-bond donors (Lipinski definition) is 2.